The average Bonchev–Trinajstić information content (AvgIpc) is 2.91. The number of ether oxygens (including phenoxy) is 2. The molecule has 1 atom stereocenters. The maximum Gasteiger partial charge on any atom is 0.244 e. The molecule has 0 aliphatic carbocycles. The Morgan fingerprint density at radius 2 is 1.75 bits per heavy atom. The molecule has 8 heteroatoms. The summed E-state index contributed by atoms with van der Waals surface area (Å²) in [7, 11) is 3.08. The number of nitrogens with one attached hydrogen (secondary N) is 1. The molecule has 3 aromatic rings. The van der Waals surface area contributed by atoms with E-state index in [4.69, 9.17) is 14.6 Å². The molecule has 1 aromatic heterocycles. The molecule has 0 aliphatic heterocycles. The van der Waals surface area contributed by atoms with Crippen molar-refractivity contribution in [1.82, 2.24) is 10.3 Å². The first kappa shape index (κ1) is 26.3. The summed E-state index contributed by atoms with van der Waals surface area (Å²) < 4.78 is 10.5. The number of benzene rings is 2. The summed E-state index contributed by atoms with van der Waals surface area (Å²) in [4.78, 5) is 41.6. The van der Waals surface area contributed by atoms with E-state index in [1.807, 2.05) is 6.07 Å². The Labute approximate surface area is 209 Å². The Morgan fingerprint density at radius 3 is 2.39 bits per heavy atom. The van der Waals surface area contributed by atoms with Crippen LogP contribution in [-0.4, -0.2) is 54.4 Å². The fraction of sp³-hybridized carbons (Fsp3) is 0.214. The van der Waals surface area contributed by atoms with Crippen molar-refractivity contribution < 1.29 is 29.0 Å². The van der Waals surface area contributed by atoms with Crippen molar-refractivity contribution in [3.63, 3.8) is 0 Å². The van der Waals surface area contributed by atoms with Gasteiger partial charge in [-0.3, -0.25) is 19.4 Å². The van der Waals surface area contributed by atoms with Gasteiger partial charge in [0.25, 0.3) is 0 Å². The number of aliphatic hydroxyl groups is 1. The molecule has 1 amide bonds. The van der Waals surface area contributed by atoms with Gasteiger partial charge in [-0.1, -0.05) is 36.4 Å². The molecule has 0 saturated carbocycles. The van der Waals surface area contributed by atoms with Gasteiger partial charge in [0.15, 0.2) is 23.1 Å². The zero-order chi connectivity index (χ0) is 25.9. The number of ketones is 2. The Morgan fingerprint density at radius 1 is 1.00 bits per heavy atom. The summed E-state index contributed by atoms with van der Waals surface area (Å²) in [5.74, 6) is 0.117. The summed E-state index contributed by atoms with van der Waals surface area (Å²) in [6.07, 6.45) is 6.63. The molecule has 0 radical (unpaired) electrons. The highest BCUT2D eigenvalue weighted by molar-refractivity contribution is 5.98. The van der Waals surface area contributed by atoms with E-state index in [1.165, 1.54) is 13.2 Å². The normalized spacial score (nSPS) is 11.6. The highest BCUT2D eigenvalue weighted by atomic mass is 16.5. The number of Topliss-reactive ketones (excluding diaryl/α,β-unsaturated/α-hetero) is 2. The van der Waals surface area contributed by atoms with Crippen LogP contribution in [0.2, 0.25) is 0 Å². The van der Waals surface area contributed by atoms with Gasteiger partial charge in [-0.15, -0.1) is 0 Å². The lowest BCUT2D eigenvalue weighted by atomic mass is 9.97. The van der Waals surface area contributed by atoms with Crippen LogP contribution in [0.15, 0.2) is 73.1 Å². The zero-order valence-electron chi connectivity index (χ0n) is 20.1. The van der Waals surface area contributed by atoms with E-state index >= 15 is 0 Å². The second-order valence-corrected chi connectivity index (χ2v) is 8.00. The topological polar surface area (TPSA) is 115 Å². The minimum atomic E-state index is -0.782. The molecule has 0 unspecified atom stereocenters. The maximum absolute atomic E-state index is 13.2. The van der Waals surface area contributed by atoms with E-state index in [-0.39, 0.29) is 18.6 Å². The third kappa shape index (κ3) is 7.35. The van der Waals surface area contributed by atoms with Crippen molar-refractivity contribution in [2.75, 3.05) is 20.8 Å². The number of amides is 1. The Hall–Kier alpha value is -4.30. The minimum Gasteiger partial charge on any atom is -0.493 e. The van der Waals surface area contributed by atoms with Crippen LogP contribution in [0.25, 0.3) is 6.08 Å². The maximum atomic E-state index is 13.2. The molecule has 0 spiro atoms. The van der Waals surface area contributed by atoms with E-state index in [1.54, 1.807) is 74.1 Å². The van der Waals surface area contributed by atoms with Gasteiger partial charge in [0.1, 0.15) is 6.61 Å². The highest BCUT2D eigenvalue weighted by Crippen LogP contribution is 2.27. The molecule has 1 heterocycles. The van der Waals surface area contributed by atoms with E-state index in [0.717, 1.165) is 11.1 Å². The number of rotatable bonds is 12. The van der Waals surface area contributed by atoms with Gasteiger partial charge >= 0.3 is 0 Å². The van der Waals surface area contributed by atoms with Gasteiger partial charge in [0.2, 0.25) is 5.91 Å². The van der Waals surface area contributed by atoms with Crippen LogP contribution in [0.1, 0.15) is 27.0 Å². The van der Waals surface area contributed by atoms with Gasteiger partial charge < -0.3 is 19.9 Å². The van der Waals surface area contributed by atoms with Gasteiger partial charge in [0, 0.05) is 36.9 Å². The molecule has 0 bridgehead atoms. The molecule has 0 aliphatic rings. The number of carbonyl (C=O) groups excluding carboxylic acids is 3. The van der Waals surface area contributed by atoms with Crippen molar-refractivity contribution in [3.05, 3.63) is 95.3 Å². The SMILES string of the molecule is COc1ccc(/C=C/C(=O)N[C@@H](Cc2cccnc2)C(=O)Cc2ccc(C(=O)CO)cc2)cc1OC. The summed E-state index contributed by atoms with van der Waals surface area (Å²) in [6, 6.07) is 14.6. The highest BCUT2D eigenvalue weighted by Gasteiger charge is 2.21. The summed E-state index contributed by atoms with van der Waals surface area (Å²) in [6.45, 7) is -0.575. The third-order valence-electron chi connectivity index (χ3n) is 5.50. The summed E-state index contributed by atoms with van der Waals surface area (Å²) in [5.41, 5.74) is 2.61. The van der Waals surface area contributed by atoms with Crippen LogP contribution in [0.3, 0.4) is 0 Å². The number of carbonyl (C=O) groups is 3. The number of methoxy groups -OCH3 is 2. The Bertz CT molecular complexity index is 1220. The van der Waals surface area contributed by atoms with Gasteiger partial charge in [-0.2, -0.15) is 0 Å². The number of aliphatic hydroxyl groups excluding tert-OH is 1. The van der Waals surface area contributed by atoms with Crippen molar-refractivity contribution in [2.24, 2.45) is 0 Å². The second kappa shape index (κ2) is 13.0. The van der Waals surface area contributed by atoms with Gasteiger partial charge in [0.05, 0.1) is 20.3 Å². The fourth-order valence-electron chi connectivity index (χ4n) is 3.57. The first-order valence-corrected chi connectivity index (χ1v) is 11.3. The van der Waals surface area contributed by atoms with Crippen LogP contribution in [0.4, 0.5) is 0 Å². The number of pyridine rings is 1. The molecule has 8 nitrogen and oxygen atoms in total. The molecule has 36 heavy (non-hydrogen) atoms. The molecule has 186 valence electrons. The fourth-order valence-corrected chi connectivity index (χ4v) is 3.57. The van der Waals surface area contributed by atoms with Crippen LogP contribution in [0.5, 0.6) is 11.5 Å². The van der Waals surface area contributed by atoms with Crippen molar-refractivity contribution in [3.8, 4) is 11.5 Å². The lowest BCUT2D eigenvalue weighted by molar-refractivity contribution is -0.125. The first-order valence-electron chi connectivity index (χ1n) is 11.3. The molecule has 2 aromatic carbocycles. The molecule has 0 fully saturated rings. The molecule has 3 rings (SSSR count). The largest absolute Gasteiger partial charge is 0.493 e. The molecule has 2 N–H and O–H groups in total. The number of aromatic nitrogens is 1. The Balaban J connectivity index is 1.73. The van der Waals surface area contributed by atoms with Crippen LogP contribution >= 0.6 is 0 Å². The smallest absolute Gasteiger partial charge is 0.244 e. The zero-order valence-corrected chi connectivity index (χ0v) is 20.1. The molecule has 0 saturated heterocycles. The molecular weight excluding hydrogens is 460 g/mol. The van der Waals surface area contributed by atoms with Crippen LogP contribution in [0, 0.1) is 0 Å². The van der Waals surface area contributed by atoms with Crippen LogP contribution in [-0.2, 0) is 22.4 Å². The van der Waals surface area contributed by atoms with Crippen molar-refractivity contribution in [1.29, 1.82) is 0 Å². The van der Waals surface area contributed by atoms with E-state index in [9.17, 15) is 14.4 Å². The molecular formula is C28H28N2O6. The van der Waals surface area contributed by atoms with Gasteiger partial charge in [-0.25, -0.2) is 0 Å². The van der Waals surface area contributed by atoms with Crippen molar-refractivity contribution >= 4 is 23.5 Å². The van der Waals surface area contributed by atoms with Crippen LogP contribution < -0.4 is 14.8 Å². The predicted octanol–water partition coefficient (Wildman–Crippen LogP) is 2.83. The summed E-state index contributed by atoms with van der Waals surface area (Å²) >= 11 is 0. The second-order valence-electron chi connectivity index (χ2n) is 8.00. The van der Waals surface area contributed by atoms with E-state index in [0.29, 0.717) is 22.6 Å². The predicted molar refractivity (Wildman–Crippen MR) is 135 cm³/mol. The lowest BCUT2D eigenvalue weighted by Gasteiger charge is -2.17. The van der Waals surface area contributed by atoms with E-state index in [2.05, 4.69) is 10.3 Å². The first-order chi connectivity index (χ1) is 17.4. The number of hydrogen-bond donors (Lipinski definition) is 2. The number of hydrogen-bond acceptors (Lipinski definition) is 7. The summed E-state index contributed by atoms with van der Waals surface area (Å²) in [5, 5.41) is 11.8. The van der Waals surface area contributed by atoms with E-state index < -0.39 is 24.3 Å². The minimum absolute atomic E-state index is 0.0677. The Kier molecular flexibility index (Phi) is 9.48. The quantitative estimate of drug-likeness (QED) is 0.298. The number of nitrogens with zero attached hydrogens (tertiary/aromatic N) is 1. The lowest BCUT2D eigenvalue weighted by Crippen LogP contribution is -2.42. The third-order valence-corrected chi connectivity index (χ3v) is 5.50. The monoisotopic (exact) mass is 488 g/mol. The standard InChI is InChI=1S/C28H28N2O6/c1-35-26-11-7-20(16-27(26)36-2)8-12-28(34)30-23(14-21-4-3-13-29-17-21)24(32)15-19-5-9-22(10-6-19)25(33)18-31/h3-13,16-17,23,31H,14-15,18H2,1-2H3,(H,30,34)/b12-8+/t23-/m0/s1. The average molecular weight is 489 g/mol. The van der Waals surface area contributed by atoms with Crippen molar-refractivity contribution in [2.45, 2.75) is 18.9 Å². The van der Waals surface area contributed by atoms with Gasteiger partial charge in [-0.05, 0) is 41.0 Å².